The third-order valence-corrected chi connectivity index (χ3v) is 3.39. The van der Waals surface area contributed by atoms with Gasteiger partial charge in [-0.2, -0.15) is 0 Å². The van der Waals surface area contributed by atoms with E-state index in [-0.39, 0.29) is 17.5 Å². The first-order chi connectivity index (χ1) is 8.18. The van der Waals surface area contributed by atoms with Crippen molar-refractivity contribution in [3.05, 3.63) is 23.8 Å². The van der Waals surface area contributed by atoms with Gasteiger partial charge in [-0.3, -0.25) is 4.79 Å². The van der Waals surface area contributed by atoms with Crippen molar-refractivity contribution in [3.63, 3.8) is 0 Å². The van der Waals surface area contributed by atoms with E-state index in [0.717, 1.165) is 25.1 Å². The fourth-order valence-corrected chi connectivity index (χ4v) is 2.62. The number of aromatic carboxylic acids is 1. The van der Waals surface area contributed by atoms with Crippen molar-refractivity contribution in [1.82, 2.24) is 0 Å². The summed E-state index contributed by atoms with van der Waals surface area (Å²) in [5.74, 6) is -1.11. The quantitative estimate of drug-likeness (QED) is 0.765. The molecule has 2 heterocycles. The topological polar surface area (TPSA) is 69.6 Å². The van der Waals surface area contributed by atoms with Gasteiger partial charge in [0.25, 0.3) is 0 Å². The first kappa shape index (κ1) is 10.1. The Balaban J connectivity index is 2.16. The van der Waals surface area contributed by atoms with Crippen LogP contribution in [-0.2, 0) is 4.79 Å². The van der Waals surface area contributed by atoms with Gasteiger partial charge in [-0.1, -0.05) is 6.07 Å². The minimum atomic E-state index is -1.01. The highest BCUT2D eigenvalue weighted by molar-refractivity contribution is 6.10. The highest BCUT2D eigenvalue weighted by Gasteiger charge is 2.37. The van der Waals surface area contributed by atoms with Crippen LogP contribution in [0.2, 0.25) is 0 Å². The molecule has 5 nitrogen and oxygen atoms in total. The smallest absolute Gasteiger partial charge is 0.337 e. The molecule has 2 N–H and O–H groups in total. The largest absolute Gasteiger partial charge is 0.478 e. The molecule has 17 heavy (non-hydrogen) atoms. The van der Waals surface area contributed by atoms with E-state index in [9.17, 15) is 9.59 Å². The number of rotatable bonds is 1. The van der Waals surface area contributed by atoms with Crippen LogP contribution < -0.4 is 10.2 Å². The number of nitrogens with one attached hydrogen (secondary N) is 1. The van der Waals surface area contributed by atoms with Crippen LogP contribution >= 0.6 is 0 Å². The van der Waals surface area contributed by atoms with Crippen LogP contribution in [0.5, 0.6) is 0 Å². The molecule has 1 aromatic carbocycles. The van der Waals surface area contributed by atoms with Gasteiger partial charge in [-0.25, -0.2) is 4.79 Å². The predicted molar refractivity (Wildman–Crippen MR) is 62.4 cm³/mol. The van der Waals surface area contributed by atoms with Gasteiger partial charge in [0, 0.05) is 6.54 Å². The van der Waals surface area contributed by atoms with Crippen molar-refractivity contribution in [3.8, 4) is 0 Å². The maximum atomic E-state index is 11.9. The van der Waals surface area contributed by atoms with Gasteiger partial charge in [0.15, 0.2) is 0 Å². The van der Waals surface area contributed by atoms with Gasteiger partial charge >= 0.3 is 5.97 Å². The summed E-state index contributed by atoms with van der Waals surface area (Å²) in [6.07, 6.45) is 1.80. The summed E-state index contributed by atoms with van der Waals surface area (Å²) >= 11 is 0. The highest BCUT2D eigenvalue weighted by atomic mass is 16.4. The first-order valence-corrected chi connectivity index (χ1v) is 5.62. The molecule has 3 rings (SSSR count). The van der Waals surface area contributed by atoms with Crippen molar-refractivity contribution < 1.29 is 14.7 Å². The lowest BCUT2D eigenvalue weighted by molar-refractivity contribution is -0.117. The van der Waals surface area contributed by atoms with E-state index in [1.165, 1.54) is 6.07 Å². The summed E-state index contributed by atoms with van der Waals surface area (Å²) in [6.45, 7) is 0.814. The summed E-state index contributed by atoms with van der Waals surface area (Å²) in [4.78, 5) is 25.0. The lowest BCUT2D eigenvalue weighted by Crippen LogP contribution is -2.44. The molecule has 1 unspecified atom stereocenters. The maximum Gasteiger partial charge on any atom is 0.337 e. The Morgan fingerprint density at radius 3 is 3.06 bits per heavy atom. The molecule has 1 saturated heterocycles. The molecule has 1 amide bonds. The van der Waals surface area contributed by atoms with Crippen molar-refractivity contribution in [2.24, 2.45) is 0 Å². The van der Waals surface area contributed by atoms with Gasteiger partial charge in [-0.05, 0) is 25.0 Å². The summed E-state index contributed by atoms with van der Waals surface area (Å²) in [6, 6.07) is 4.96. The molecule has 0 saturated carbocycles. The minimum Gasteiger partial charge on any atom is -0.478 e. The number of hydrogen-bond acceptors (Lipinski definition) is 3. The average Bonchev–Trinajstić information content (AvgIpc) is 2.78. The molecule has 2 aliphatic rings. The summed E-state index contributed by atoms with van der Waals surface area (Å²) in [5.41, 5.74) is 1.41. The van der Waals surface area contributed by atoms with Crippen LogP contribution in [0.25, 0.3) is 0 Å². The molecule has 0 radical (unpaired) electrons. The van der Waals surface area contributed by atoms with Gasteiger partial charge in [-0.15, -0.1) is 0 Å². The third kappa shape index (κ3) is 1.39. The molecule has 1 fully saturated rings. The molecular weight excluding hydrogens is 220 g/mol. The van der Waals surface area contributed by atoms with Crippen LogP contribution in [0.15, 0.2) is 18.2 Å². The fraction of sp³-hybridized carbons (Fsp3) is 0.333. The number of hydrogen-bond donors (Lipinski definition) is 2. The summed E-state index contributed by atoms with van der Waals surface area (Å²) in [7, 11) is 0. The third-order valence-electron chi connectivity index (χ3n) is 3.39. The number of anilines is 2. The van der Waals surface area contributed by atoms with Crippen molar-refractivity contribution >= 4 is 23.3 Å². The lowest BCUT2D eigenvalue weighted by Gasteiger charge is -2.33. The SMILES string of the molecule is O=C(O)c1cccc2c1NC(=O)C1CCCN21. The van der Waals surface area contributed by atoms with Crippen LogP contribution in [0, 0.1) is 0 Å². The molecule has 88 valence electrons. The van der Waals surface area contributed by atoms with Crippen molar-refractivity contribution in [1.29, 1.82) is 0 Å². The molecule has 0 spiro atoms. The number of carboxylic acids is 1. The maximum absolute atomic E-state index is 11.9. The summed E-state index contributed by atoms with van der Waals surface area (Å²) < 4.78 is 0. The number of amides is 1. The van der Waals surface area contributed by atoms with Gasteiger partial charge in [0.05, 0.1) is 16.9 Å². The number of fused-ring (bicyclic) bond motifs is 3. The van der Waals surface area contributed by atoms with E-state index < -0.39 is 5.97 Å². The molecule has 1 aromatic rings. The van der Waals surface area contributed by atoms with Crippen LogP contribution in [0.1, 0.15) is 23.2 Å². The zero-order valence-corrected chi connectivity index (χ0v) is 9.14. The highest BCUT2D eigenvalue weighted by Crippen LogP contribution is 2.38. The number of nitrogens with zero attached hydrogens (tertiary/aromatic N) is 1. The molecule has 0 aromatic heterocycles. The molecule has 5 heteroatoms. The second-order valence-electron chi connectivity index (χ2n) is 4.35. The van der Waals surface area contributed by atoms with Gasteiger partial charge in [0.2, 0.25) is 5.91 Å². The Morgan fingerprint density at radius 2 is 2.29 bits per heavy atom. The van der Waals surface area contributed by atoms with Crippen molar-refractivity contribution in [2.75, 3.05) is 16.8 Å². The van der Waals surface area contributed by atoms with Gasteiger partial charge < -0.3 is 15.3 Å². The predicted octanol–water partition coefficient (Wildman–Crippen LogP) is 1.31. The Morgan fingerprint density at radius 1 is 1.47 bits per heavy atom. The van der Waals surface area contributed by atoms with Crippen LogP contribution in [0.4, 0.5) is 11.4 Å². The zero-order chi connectivity index (χ0) is 12.0. The normalized spacial score (nSPS) is 21.8. The van der Waals surface area contributed by atoms with E-state index >= 15 is 0 Å². The summed E-state index contributed by atoms with van der Waals surface area (Å²) in [5, 5.41) is 11.8. The van der Waals surface area contributed by atoms with E-state index in [1.54, 1.807) is 6.07 Å². The average molecular weight is 232 g/mol. The number of carboxylic acid groups (broad SMARTS) is 1. The molecule has 2 aliphatic heterocycles. The zero-order valence-electron chi connectivity index (χ0n) is 9.14. The van der Waals surface area contributed by atoms with E-state index in [4.69, 9.17) is 5.11 Å². The molecule has 0 aliphatic carbocycles. The first-order valence-electron chi connectivity index (χ1n) is 5.62. The number of benzene rings is 1. The molecule has 0 bridgehead atoms. The van der Waals surface area contributed by atoms with Crippen LogP contribution in [0.3, 0.4) is 0 Å². The Labute approximate surface area is 98.0 Å². The van der Waals surface area contributed by atoms with Gasteiger partial charge in [0.1, 0.15) is 6.04 Å². The standard InChI is InChI=1S/C12H12N2O3/c15-11-9-5-2-6-14(9)8-4-1-3-7(12(16)17)10(8)13-11/h1,3-4,9H,2,5-6H2,(H,13,15)(H,16,17). The Hall–Kier alpha value is -2.04. The number of carbonyl (C=O) groups is 2. The van der Waals surface area contributed by atoms with Crippen molar-refractivity contribution in [2.45, 2.75) is 18.9 Å². The number of carbonyl (C=O) groups excluding carboxylic acids is 1. The fourth-order valence-electron chi connectivity index (χ4n) is 2.62. The molecule has 1 atom stereocenters. The molecular formula is C12H12N2O3. The second kappa shape index (κ2) is 3.48. The minimum absolute atomic E-state index is 0.0938. The number of para-hydroxylation sites is 1. The lowest BCUT2D eigenvalue weighted by atomic mass is 10.1. The van der Waals surface area contributed by atoms with E-state index in [1.807, 2.05) is 11.0 Å². The van der Waals surface area contributed by atoms with E-state index in [0.29, 0.717) is 5.69 Å². The second-order valence-corrected chi connectivity index (χ2v) is 4.35. The van der Waals surface area contributed by atoms with E-state index in [2.05, 4.69) is 5.32 Å². The Bertz CT molecular complexity index is 512. The van der Waals surface area contributed by atoms with Crippen LogP contribution in [-0.4, -0.2) is 29.6 Å². The monoisotopic (exact) mass is 232 g/mol. The Kier molecular flexibility index (Phi) is 2.07.